The molecular weight excluding hydrogens is 572 g/mol. The predicted octanol–water partition coefficient (Wildman–Crippen LogP) is 5.76. The van der Waals surface area contributed by atoms with Crippen molar-refractivity contribution in [2.45, 2.75) is 101 Å². The molecule has 2 aromatic rings. The average molecular weight is 616 g/mol. The molecule has 1 aliphatic carbocycles. The number of rotatable bonds is 10. The minimum Gasteiger partial charge on any atom is -0.381 e. The molecule has 2 fully saturated rings. The molecule has 2 N–H and O–H groups in total. The van der Waals surface area contributed by atoms with Crippen LogP contribution in [0.4, 0.5) is 8.78 Å². The van der Waals surface area contributed by atoms with E-state index < -0.39 is 42.5 Å². The van der Waals surface area contributed by atoms with Crippen LogP contribution in [0.5, 0.6) is 0 Å². The summed E-state index contributed by atoms with van der Waals surface area (Å²) in [6, 6.07) is 5.40. The first-order valence-electron chi connectivity index (χ1n) is 14.4. The van der Waals surface area contributed by atoms with Crippen LogP contribution in [0, 0.1) is 18.8 Å². The van der Waals surface area contributed by atoms with Crippen molar-refractivity contribution < 1.29 is 30.4 Å². The zero-order valence-corrected chi connectivity index (χ0v) is 26.0. The number of halogens is 2. The van der Waals surface area contributed by atoms with E-state index in [-0.39, 0.29) is 10.8 Å². The molecule has 230 valence electrons. The minimum atomic E-state index is -4.22. The van der Waals surface area contributed by atoms with Gasteiger partial charge in [-0.15, -0.1) is 0 Å². The van der Waals surface area contributed by atoms with Gasteiger partial charge in [0.05, 0.1) is 4.90 Å². The number of hydrogen-bond donors (Lipinski definition) is 2. The monoisotopic (exact) mass is 615 g/mol. The van der Waals surface area contributed by atoms with Crippen LogP contribution < -0.4 is 9.44 Å². The maximum atomic E-state index is 14.3. The van der Waals surface area contributed by atoms with Gasteiger partial charge in [0.2, 0.25) is 20.0 Å². The van der Waals surface area contributed by atoms with Crippen molar-refractivity contribution >= 4 is 20.0 Å². The number of nitrogens with zero attached hydrogens (tertiary/aromatic N) is 1. The third-order valence-electron chi connectivity index (χ3n) is 7.95. The SMILES string of the molecule is Cc1c(S(=O)(=O)NCC2CCOCC2)cc(-c2ccc(S(=O)(=O)NC(C)(C)C)c(C(F)F)c2)n1CC1CCCCC1. The minimum absolute atomic E-state index is 0.111. The molecule has 8 nitrogen and oxygen atoms in total. The molecule has 0 radical (unpaired) electrons. The Balaban J connectivity index is 1.76. The molecule has 0 bridgehead atoms. The third-order valence-corrected chi connectivity index (χ3v) is 11.3. The summed E-state index contributed by atoms with van der Waals surface area (Å²) in [5.74, 6) is 0.525. The second-order valence-electron chi connectivity index (χ2n) is 12.4. The van der Waals surface area contributed by atoms with E-state index in [1.165, 1.54) is 30.7 Å². The van der Waals surface area contributed by atoms with Gasteiger partial charge in [-0.1, -0.05) is 25.3 Å². The van der Waals surface area contributed by atoms with Crippen molar-refractivity contribution in [1.82, 2.24) is 14.0 Å². The fraction of sp³-hybridized carbons (Fsp3) is 0.655. The fourth-order valence-electron chi connectivity index (χ4n) is 5.83. The Morgan fingerprint density at radius 1 is 0.927 bits per heavy atom. The van der Waals surface area contributed by atoms with E-state index in [9.17, 15) is 25.6 Å². The Hall–Kier alpha value is -1.86. The maximum Gasteiger partial charge on any atom is 0.265 e. The number of hydrogen-bond acceptors (Lipinski definition) is 5. The molecule has 1 saturated carbocycles. The number of benzene rings is 1. The van der Waals surface area contributed by atoms with Crippen molar-refractivity contribution in [3.05, 3.63) is 35.5 Å². The van der Waals surface area contributed by atoms with Crippen LogP contribution in [0.15, 0.2) is 34.1 Å². The zero-order valence-electron chi connectivity index (χ0n) is 24.4. The normalized spacial score (nSPS) is 18.3. The van der Waals surface area contributed by atoms with Crippen LogP contribution in [0.1, 0.15) is 83.4 Å². The third kappa shape index (κ3) is 7.95. The van der Waals surface area contributed by atoms with E-state index in [0.717, 1.165) is 38.5 Å². The molecule has 41 heavy (non-hydrogen) atoms. The first kappa shape index (κ1) is 32.1. The summed E-state index contributed by atoms with van der Waals surface area (Å²) in [6.45, 7) is 8.74. The first-order chi connectivity index (χ1) is 19.2. The Bertz CT molecular complexity index is 1420. The van der Waals surface area contributed by atoms with Crippen LogP contribution in [0.2, 0.25) is 0 Å². The van der Waals surface area contributed by atoms with E-state index in [0.29, 0.717) is 49.2 Å². The number of aromatic nitrogens is 1. The fourth-order valence-corrected chi connectivity index (χ4v) is 8.83. The van der Waals surface area contributed by atoms with E-state index in [1.54, 1.807) is 27.7 Å². The molecule has 0 unspecified atom stereocenters. The van der Waals surface area contributed by atoms with Gasteiger partial charge >= 0.3 is 0 Å². The molecule has 1 aromatic carbocycles. The maximum absolute atomic E-state index is 14.3. The summed E-state index contributed by atoms with van der Waals surface area (Å²) in [5.41, 5.74) is -0.114. The van der Waals surface area contributed by atoms with Crippen molar-refractivity contribution in [2.24, 2.45) is 11.8 Å². The number of ether oxygens (including phenoxy) is 1. The Labute approximate surface area is 243 Å². The van der Waals surface area contributed by atoms with Gasteiger partial charge in [0.25, 0.3) is 6.43 Å². The van der Waals surface area contributed by atoms with Gasteiger partial charge in [-0.3, -0.25) is 0 Å². The topological polar surface area (TPSA) is 106 Å². The molecule has 1 saturated heterocycles. The quantitative estimate of drug-likeness (QED) is 0.353. The largest absolute Gasteiger partial charge is 0.381 e. The van der Waals surface area contributed by atoms with Crippen LogP contribution in [-0.2, 0) is 31.3 Å². The Kier molecular flexibility index (Phi) is 10.0. The second-order valence-corrected chi connectivity index (χ2v) is 15.8. The molecule has 0 spiro atoms. The van der Waals surface area contributed by atoms with E-state index >= 15 is 0 Å². The van der Waals surface area contributed by atoms with Crippen molar-refractivity contribution in [3.8, 4) is 11.3 Å². The van der Waals surface area contributed by atoms with E-state index in [4.69, 9.17) is 4.74 Å². The summed E-state index contributed by atoms with van der Waals surface area (Å²) < 4.78 is 94.1. The molecule has 1 aromatic heterocycles. The van der Waals surface area contributed by atoms with Crippen LogP contribution >= 0.6 is 0 Å². The molecule has 2 aliphatic rings. The summed E-state index contributed by atoms with van der Waals surface area (Å²) in [5, 5.41) is 0. The van der Waals surface area contributed by atoms with Crippen molar-refractivity contribution in [2.75, 3.05) is 19.8 Å². The Morgan fingerprint density at radius 3 is 2.20 bits per heavy atom. The zero-order chi connectivity index (χ0) is 30.0. The van der Waals surface area contributed by atoms with Crippen molar-refractivity contribution in [3.63, 3.8) is 0 Å². The molecular formula is C29H43F2N3O5S2. The number of alkyl halides is 2. The summed E-state index contributed by atoms with van der Waals surface area (Å²) in [6.07, 6.45) is 3.91. The molecule has 1 aliphatic heterocycles. The lowest BCUT2D eigenvalue weighted by Gasteiger charge is -2.25. The summed E-state index contributed by atoms with van der Waals surface area (Å²) in [7, 11) is -8.11. The van der Waals surface area contributed by atoms with Crippen LogP contribution in [0.25, 0.3) is 11.3 Å². The van der Waals surface area contributed by atoms with E-state index in [1.807, 2.05) is 4.57 Å². The van der Waals surface area contributed by atoms with Gasteiger partial charge in [-0.25, -0.2) is 35.1 Å². The van der Waals surface area contributed by atoms with Gasteiger partial charge in [0, 0.05) is 48.8 Å². The van der Waals surface area contributed by atoms with E-state index in [2.05, 4.69) is 9.44 Å². The van der Waals surface area contributed by atoms with Crippen molar-refractivity contribution in [1.29, 1.82) is 0 Å². The van der Waals surface area contributed by atoms with Gasteiger partial charge in [-0.05, 0) is 89.0 Å². The summed E-state index contributed by atoms with van der Waals surface area (Å²) >= 11 is 0. The van der Waals surface area contributed by atoms with Gasteiger partial charge < -0.3 is 9.30 Å². The van der Waals surface area contributed by atoms with Crippen LogP contribution in [0.3, 0.4) is 0 Å². The average Bonchev–Trinajstić information content (AvgIpc) is 3.23. The molecule has 12 heteroatoms. The van der Waals surface area contributed by atoms with Gasteiger partial charge in [-0.2, -0.15) is 0 Å². The molecule has 4 rings (SSSR count). The Morgan fingerprint density at radius 2 is 1.59 bits per heavy atom. The number of sulfonamides is 2. The highest BCUT2D eigenvalue weighted by atomic mass is 32.2. The first-order valence-corrected chi connectivity index (χ1v) is 17.4. The molecule has 2 heterocycles. The molecule has 0 amide bonds. The van der Waals surface area contributed by atoms with Crippen LogP contribution in [-0.4, -0.2) is 46.7 Å². The smallest absolute Gasteiger partial charge is 0.265 e. The second kappa shape index (κ2) is 12.8. The highest BCUT2D eigenvalue weighted by Crippen LogP contribution is 2.36. The molecule has 0 atom stereocenters. The van der Waals surface area contributed by atoms with Gasteiger partial charge in [0.1, 0.15) is 4.90 Å². The predicted molar refractivity (Wildman–Crippen MR) is 155 cm³/mol. The summed E-state index contributed by atoms with van der Waals surface area (Å²) in [4.78, 5) is -0.376. The lowest BCUT2D eigenvalue weighted by atomic mass is 9.89. The number of nitrogens with one attached hydrogen (secondary N) is 2. The lowest BCUT2D eigenvalue weighted by molar-refractivity contribution is 0.0678. The lowest BCUT2D eigenvalue weighted by Crippen LogP contribution is -2.40. The standard InChI is InChI=1S/C29H43F2N3O5S2/c1-20-27(40(35,36)32-18-21-12-14-39-15-13-21)17-25(34(20)19-22-8-6-5-7-9-22)23-10-11-26(24(16-23)28(30)31)41(37,38)33-29(2,3)4/h10-11,16-17,21-22,28,32-33H,5-9,12-15,18-19H2,1-4H3. The highest BCUT2D eigenvalue weighted by Gasteiger charge is 2.30. The highest BCUT2D eigenvalue weighted by molar-refractivity contribution is 7.89. The van der Waals surface area contributed by atoms with Gasteiger partial charge in [0.15, 0.2) is 0 Å².